The van der Waals surface area contributed by atoms with Gasteiger partial charge in [-0.15, -0.1) is 0 Å². The van der Waals surface area contributed by atoms with Crippen molar-refractivity contribution in [3.63, 3.8) is 0 Å². The largest absolute Gasteiger partial charge is 0.480 e. The molecule has 0 aliphatic heterocycles. The van der Waals surface area contributed by atoms with Crippen molar-refractivity contribution in [3.8, 4) is 0 Å². The van der Waals surface area contributed by atoms with Crippen molar-refractivity contribution in [2.75, 3.05) is 33.4 Å². The molecule has 0 rings (SSSR count). The maximum absolute atomic E-state index is 11.3. The average molecular weight is 204 g/mol. The monoisotopic (exact) mass is 204 g/mol. The van der Waals surface area contributed by atoms with E-state index in [2.05, 4.69) is 5.32 Å². The molecule has 2 N–H and O–H groups in total. The molecule has 6 heteroatoms. The molecule has 82 valence electrons. The maximum atomic E-state index is 11.3. The highest BCUT2D eigenvalue weighted by atomic mass is 16.5. The number of ether oxygens (including phenoxy) is 1. The fourth-order valence-corrected chi connectivity index (χ4v) is 0.880. The summed E-state index contributed by atoms with van der Waals surface area (Å²) in [6.45, 7) is 2.53. The number of carboxylic acids is 1. The first kappa shape index (κ1) is 12.7. The highest BCUT2D eigenvalue weighted by Gasteiger charge is 2.14. The lowest BCUT2D eigenvalue weighted by atomic mass is 10.5. The predicted molar refractivity (Wildman–Crippen MR) is 50.2 cm³/mol. The smallest absolute Gasteiger partial charge is 0.323 e. The van der Waals surface area contributed by atoms with Gasteiger partial charge >= 0.3 is 12.0 Å². The van der Waals surface area contributed by atoms with Gasteiger partial charge in [-0.05, 0) is 6.92 Å². The third-order valence-electron chi connectivity index (χ3n) is 1.51. The number of aliphatic carboxylic acids is 1. The molecule has 0 spiro atoms. The fraction of sp³-hybridized carbons (Fsp3) is 0.750. The Morgan fingerprint density at radius 1 is 1.50 bits per heavy atom. The van der Waals surface area contributed by atoms with Gasteiger partial charge in [0.2, 0.25) is 0 Å². The van der Waals surface area contributed by atoms with Crippen molar-refractivity contribution in [3.05, 3.63) is 0 Å². The van der Waals surface area contributed by atoms with Crippen LogP contribution in [0.2, 0.25) is 0 Å². The van der Waals surface area contributed by atoms with Gasteiger partial charge in [-0.1, -0.05) is 0 Å². The Bertz CT molecular complexity index is 196. The number of hydrogen-bond donors (Lipinski definition) is 2. The lowest BCUT2D eigenvalue weighted by Gasteiger charge is -2.20. The van der Waals surface area contributed by atoms with Gasteiger partial charge in [0, 0.05) is 20.2 Å². The fourth-order valence-electron chi connectivity index (χ4n) is 0.880. The molecule has 0 heterocycles. The molecule has 0 bridgehead atoms. The van der Waals surface area contributed by atoms with E-state index in [-0.39, 0.29) is 19.1 Å². The van der Waals surface area contributed by atoms with Crippen molar-refractivity contribution >= 4 is 12.0 Å². The van der Waals surface area contributed by atoms with Crippen molar-refractivity contribution in [2.24, 2.45) is 0 Å². The zero-order valence-electron chi connectivity index (χ0n) is 8.45. The van der Waals surface area contributed by atoms with E-state index in [0.29, 0.717) is 13.2 Å². The van der Waals surface area contributed by atoms with Crippen LogP contribution < -0.4 is 5.32 Å². The van der Waals surface area contributed by atoms with Gasteiger partial charge in [0.05, 0.1) is 6.61 Å². The van der Waals surface area contributed by atoms with E-state index < -0.39 is 5.97 Å². The van der Waals surface area contributed by atoms with Crippen LogP contribution in [0.1, 0.15) is 6.92 Å². The molecule has 0 aliphatic rings. The van der Waals surface area contributed by atoms with Gasteiger partial charge in [0.15, 0.2) is 0 Å². The van der Waals surface area contributed by atoms with Crippen molar-refractivity contribution < 1.29 is 19.4 Å². The summed E-state index contributed by atoms with van der Waals surface area (Å²) >= 11 is 0. The van der Waals surface area contributed by atoms with E-state index in [9.17, 15) is 9.59 Å². The van der Waals surface area contributed by atoms with Crippen LogP contribution in [-0.2, 0) is 9.53 Å². The number of rotatable bonds is 6. The standard InChI is InChI=1S/C8H16N2O4/c1-3-9-8(13)10(4-5-14-2)6-7(11)12/h3-6H2,1-2H3,(H,9,13)(H,11,12). The Morgan fingerprint density at radius 2 is 2.14 bits per heavy atom. The molecule has 14 heavy (non-hydrogen) atoms. The lowest BCUT2D eigenvalue weighted by molar-refractivity contribution is -0.137. The van der Waals surface area contributed by atoms with Crippen LogP contribution >= 0.6 is 0 Å². The normalized spacial score (nSPS) is 9.57. The number of amides is 2. The van der Waals surface area contributed by atoms with Crippen LogP contribution in [0.15, 0.2) is 0 Å². The van der Waals surface area contributed by atoms with Crippen LogP contribution in [0.4, 0.5) is 4.79 Å². The number of carbonyl (C=O) groups excluding carboxylic acids is 1. The molecule has 0 aromatic heterocycles. The van der Waals surface area contributed by atoms with Crippen molar-refractivity contribution in [1.82, 2.24) is 10.2 Å². The number of carboxylic acid groups (broad SMARTS) is 1. The molecule has 0 saturated heterocycles. The third-order valence-corrected chi connectivity index (χ3v) is 1.51. The summed E-state index contributed by atoms with van der Waals surface area (Å²) in [6, 6.07) is -0.382. The summed E-state index contributed by atoms with van der Waals surface area (Å²) in [7, 11) is 1.50. The summed E-state index contributed by atoms with van der Waals surface area (Å²) in [6.07, 6.45) is 0. The Kier molecular flexibility index (Phi) is 6.47. The van der Waals surface area contributed by atoms with Gasteiger partial charge in [-0.3, -0.25) is 4.79 Å². The molecule has 0 aromatic rings. The second-order valence-electron chi connectivity index (χ2n) is 2.64. The number of urea groups is 1. The minimum absolute atomic E-state index is 0.272. The molecule has 6 nitrogen and oxygen atoms in total. The number of nitrogens with zero attached hydrogens (tertiary/aromatic N) is 1. The van der Waals surface area contributed by atoms with Gasteiger partial charge in [-0.2, -0.15) is 0 Å². The Morgan fingerprint density at radius 3 is 2.57 bits per heavy atom. The minimum atomic E-state index is -1.03. The number of methoxy groups -OCH3 is 1. The highest BCUT2D eigenvalue weighted by Crippen LogP contribution is 1.90. The molecule has 0 aromatic carbocycles. The van der Waals surface area contributed by atoms with Crippen LogP contribution in [-0.4, -0.2) is 55.4 Å². The molecule has 0 atom stereocenters. The minimum Gasteiger partial charge on any atom is -0.480 e. The molecule has 0 saturated carbocycles. The zero-order valence-corrected chi connectivity index (χ0v) is 8.45. The van der Waals surface area contributed by atoms with Crippen LogP contribution in [0.5, 0.6) is 0 Å². The Balaban J connectivity index is 4.08. The molecule has 0 radical (unpaired) electrons. The van der Waals surface area contributed by atoms with Crippen LogP contribution in [0, 0.1) is 0 Å². The molecule has 0 aliphatic carbocycles. The number of carbonyl (C=O) groups is 2. The SMILES string of the molecule is CCNC(=O)N(CCOC)CC(=O)O. The first-order valence-corrected chi connectivity index (χ1v) is 4.35. The first-order valence-electron chi connectivity index (χ1n) is 4.35. The summed E-state index contributed by atoms with van der Waals surface area (Å²) in [5.74, 6) is -1.03. The summed E-state index contributed by atoms with van der Waals surface area (Å²) in [5, 5.41) is 11.1. The third kappa shape index (κ3) is 5.36. The van der Waals surface area contributed by atoms with Crippen LogP contribution in [0.3, 0.4) is 0 Å². The topological polar surface area (TPSA) is 78.9 Å². The van der Waals surface area contributed by atoms with E-state index in [1.165, 1.54) is 12.0 Å². The predicted octanol–water partition coefficient (Wildman–Crippen LogP) is -0.251. The second kappa shape index (κ2) is 7.14. The van der Waals surface area contributed by atoms with E-state index in [1.807, 2.05) is 0 Å². The Labute approximate surface area is 82.8 Å². The van der Waals surface area contributed by atoms with Gasteiger partial charge in [-0.25, -0.2) is 4.79 Å². The number of nitrogens with one attached hydrogen (secondary N) is 1. The highest BCUT2D eigenvalue weighted by molar-refractivity contribution is 5.79. The molecular formula is C8H16N2O4. The van der Waals surface area contributed by atoms with Gasteiger partial charge in [0.25, 0.3) is 0 Å². The second-order valence-corrected chi connectivity index (χ2v) is 2.64. The Hall–Kier alpha value is -1.30. The number of hydrogen-bond acceptors (Lipinski definition) is 3. The van der Waals surface area contributed by atoms with Gasteiger partial charge < -0.3 is 20.1 Å². The van der Waals surface area contributed by atoms with Crippen molar-refractivity contribution in [2.45, 2.75) is 6.92 Å². The quantitative estimate of drug-likeness (QED) is 0.625. The summed E-state index contributed by atoms with van der Waals surface area (Å²) < 4.78 is 4.77. The molecular weight excluding hydrogens is 188 g/mol. The zero-order chi connectivity index (χ0) is 11.0. The van der Waals surface area contributed by atoms with E-state index >= 15 is 0 Å². The molecule has 0 unspecified atom stereocenters. The van der Waals surface area contributed by atoms with Gasteiger partial charge in [0.1, 0.15) is 6.54 Å². The first-order chi connectivity index (χ1) is 6.61. The van der Waals surface area contributed by atoms with E-state index in [0.717, 1.165) is 0 Å². The summed E-state index contributed by atoms with van der Waals surface area (Å²) in [5.41, 5.74) is 0. The van der Waals surface area contributed by atoms with Crippen LogP contribution in [0.25, 0.3) is 0 Å². The van der Waals surface area contributed by atoms with Crippen molar-refractivity contribution in [1.29, 1.82) is 0 Å². The average Bonchev–Trinajstić information content (AvgIpc) is 2.12. The maximum Gasteiger partial charge on any atom is 0.323 e. The summed E-state index contributed by atoms with van der Waals surface area (Å²) in [4.78, 5) is 22.9. The molecule has 0 fully saturated rings. The lowest BCUT2D eigenvalue weighted by Crippen LogP contribution is -2.44. The van der Waals surface area contributed by atoms with E-state index in [1.54, 1.807) is 6.92 Å². The molecule has 2 amide bonds. The van der Waals surface area contributed by atoms with E-state index in [4.69, 9.17) is 9.84 Å².